The van der Waals surface area contributed by atoms with Crippen LogP contribution in [-0.2, 0) is 14.8 Å². The summed E-state index contributed by atoms with van der Waals surface area (Å²) in [6.45, 7) is 4.55. The highest BCUT2D eigenvalue weighted by atomic mass is 35.5. The fraction of sp³-hybridized carbons (Fsp3) is 0.625. The van der Waals surface area contributed by atoms with Gasteiger partial charge in [0.2, 0.25) is 10.0 Å². The Kier molecular flexibility index (Phi) is 5.69. The van der Waals surface area contributed by atoms with Gasteiger partial charge in [-0.1, -0.05) is 0 Å². The van der Waals surface area contributed by atoms with E-state index in [-0.39, 0.29) is 30.3 Å². The monoisotopic (exact) mass is 376 g/mol. The van der Waals surface area contributed by atoms with Gasteiger partial charge < -0.3 is 15.2 Å². The van der Waals surface area contributed by atoms with Crippen LogP contribution in [0.25, 0.3) is 0 Å². The number of rotatable bonds is 4. The topological polar surface area (TPSA) is 90.7 Å². The fourth-order valence-corrected chi connectivity index (χ4v) is 4.76. The van der Waals surface area contributed by atoms with E-state index in [0.717, 1.165) is 18.4 Å². The highest BCUT2D eigenvalue weighted by molar-refractivity contribution is 7.89. The Hall–Kier alpha value is -1.02. The average Bonchev–Trinajstić information content (AvgIpc) is 2.90. The van der Waals surface area contributed by atoms with Crippen molar-refractivity contribution in [1.82, 2.24) is 4.72 Å². The largest absolute Gasteiger partial charge is 0.487 e. The first-order valence-electron chi connectivity index (χ1n) is 7.94. The van der Waals surface area contributed by atoms with Crippen molar-refractivity contribution in [1.29, 1.82) is 0 Å². The van der Waals surface area contributed by atoms with Gasteiger partial charge in [-0.2, -0.15) is 0 Å². The number of anilines is 1. The van der Waals surface area contributed by atoms with E-state index in [1.54, 1.807) is 18.2 Å². The van der Waals surface area contributed by atoms with Crippen molar-refractivity contribution in [2.75, 3.05) is 18.1 Å². The number of halogens is 1. The van der Waals surface area contributed by atoms with Crippen molar-refractivity contribution < 1.29 is 17.9 Å². The van der Waals surface area contributed by atoms with Gasteiger partial charge >= 0.3 is 0 Å². The van der Waals surface area contributed by atoms with Crippen LogP contribution in [0.1, 0.15) is 44.7 Å². The normalized spacial score (nSPS) is 25.4. The van der Waals surface area contributed by atoms with Gasteiger partial charge in [0.25, 0.3) is 0 Å². The predicted octanol–water partition coefficient (Wildman–Crippen LogP) is 2.39. The first-order valence-corrected chi connectivity index (χ1v) is 9.59. The molecule has 0 radical (unpaired) electrons. The molecule has 0 amide bonds. The number of hydrogen-bond acceptors (Lipinski definition) is 5. The van der Waals surface area contributed by atoms with Gasteiger partial charge in [0.1, 0.15) is 11.4 Å². The van der Waals surface area contributed by atoms with Crippen molar-refractivity contribution in [3.8, 4) is 5.75 Å². The molecular weight excluding hydrogens is 352 g/mol. The van der Waals surface area contributed by atoms with Crippen LogP contribution in [0.5, 0.6) is 5.75 Å². The van der Waals surface area contributed by atoms with E-state index >= 15 is 0 Å². The number of nitrogens with one attached hydrogen (secondary N) is 1. The van der Waals surface area contributed by atoms with E-state index in [4.69, 9.17) is 15.2 Å². The molecule has 0 aromatic heterocycles. The first kappa shape index (κ1) is 19.3. The molecule has 136 valence electrons. The number of hydrogen-bond donors (Lipinski definition) is 2. The zero-order chi connectivity index (χ0) is 16.7. The Morgan fingerprint density at radius 2 is 2.12 bits per heavy atom. The van der Waals surface area contributed by atoms with Crippen molar-refractivity contribution in [2.45, 2.75) is 50.9 Å². The summed E-state index contributed by atoms with van der Waals surface area (Å²) in [7, 11) is -3.44. The molecule has 2 atom stereocenters. The van der Waals surface area contributed by atoms with Crippen LogP contribution in [0.15, 0.2) is 18.2 Å². The molecule has 2 heterocycles. The number of ether oxygens (including phenoxy) is 2. The summed E-state index contributed by atoms with van der Waals surface area (Å²) in [5.74, 6) is 0.683. The number of benzene rings is 1. The number of sulfonamides is 1. The summed E-state index contributed by atoms with van der Waals surface area (Å²) < 4.78 is 39.2. The minimum atomic E-state index is -3.44. The number of nitrogens with two attached hydrogens (primary N) is 1. The minimum absolute atomic E-state index is 0. The van der Waals surface area contributed by atoms with Gasteiger partial charge in [-0.25, -0.2) is 13.1 Å². The lowest BCUT2D eigenvalue weighted by atomic mass is 9.90. The third-order valence-electron chi connectivity index (χ3n) is 4.24. The van der Waals surface area contributed by atoms with Crippen molar-refractivity contribution >= 4 is 28.1 Å². The summed E-state index contributed by atoms with van der Waals surface area (Å²) >= 11 is 0. The maximum atomic E-state index is 12.5. The van der Waals surface area contributed by atoms with E-state index in [1.165, 1.54) is 0 Å². The average molecular weight is 377 g/mol. The molecule has 2 unspecified atom stereocenters. The molecule has 1 aromatic rings. The van der Waals surface area contributed by atoms with Gasteiger partial charge in [-0.15, -0.1) is 12.4 Å². The zero-order valence-electron chi connectivity index (χ0n) is 13.9. The molecule has 3 N–H and O–H groups in total. The second-order valence-corrected chi connectivity index (χ2v) is 8.75. The smallest absolute Gasteiger partial charge is 0.214 e. The molecule has 0 bridgehead atoms. The van der Waals surface area contributed by atoms with Gasteiger partial charge in [0.15, 0.2) is 0 Å². The molecule has 0 spiro atoms. The molecule has 1 fully saturated rings. The lowest BCUT2D eigenvalue weighted by molar-refractivity contribution is 0.0701. The molecule has 0 saturated carbocycles. The summed E-state index contributed by atoms with van der Waals surface area (Å²) in [4.78, 5) is 0. The maximum absolute atomic E-state index is 12.5. The summed E-state index contributed by atoms with van der Waals surface area (Å²) in [6, 6.07) is 5.00. The van der Waals surface area contributed by atoms with Gasteiger partial charge in [-0.05, 0) is 44.9 Å². The SMILES string of the molecule is CC1(C)CC(NS(=O)(=O)CC2CCCO2)c2cc(N)ccc2O1.Cl. The van der Waals surface area contributed by atoms with Gasteiger partial charge in [0.05, 0.1) is 17.9 Å². The van der Waals surface area contributed by atoms with Gasteiger partial charge in [-0.3, -0.25) is 0 Å². The van der Waals surface area contributed by atoms with Crippen LogP contribution in [0, 0.1) is 0 Å². The quantitative estimate of drug-likeness (QED) is 0.787. The van der Waals surface area contributed by atoms with Crippen LogP contribution in [-0.4, -0.2) is 32.5 Å². The second kappa shape index (κ2) is 7.07. The van der Waals surface area contributed by atoms with Crippen LogP contribution < -0.4 is 15.2 Å². The second-order valence-electron chi connectivity index (χ2n) is 6.95. The molecular formula is C16H25ClN2O4S. The molecule has 1 saturated heterocycles. The van der Waals surface area contributed by atoms with Crippen molar-refractivity contribution in [2.24, 2.45) is 0 Å². The zero-order valence-corrected chi connectivity index (χ0v) is 15.6. The molecule has 6 nitrogen and oxygen atoms in total. The molecule has 24 heavy (non-hydrogen) atoms. The highest BCUT2D eigenvalue weighted by Crippen LogP contribution is 2.40. The number of nitrogen functional groups attached to an aromatic ring is 1. The van der Waals surface area contributed by atoms with Crippen molar-refractivity contribution in [3.05, 3.63) is 23.8 Å². The Morgan fingerprint density at radius 1 is 1.38 bits per heavy atom. The third-order valence-corrected chi connectivity index (χ3v) is 5.70. The summed E-state index contributed by atoms with van der Waals surface area (Å²) in [5.41, 5.74) is 6.80. The van der Waals surface area contributed by atoms with E-state index < -0.39 is 15.6 Å². The Balaban J connectivity index is 0.00000208. The Labute approximate surface area is 149 Å². The molecule has 2 aliphatic rings. The van der Waals surface area contributed by atoms with Crippen LogP contribution in [0.4, 0.5) is 5.69 Å². The van der Waals surface area contributed by atoms with E-state index in [1.807, 2.05) is 13.8 Å². The summed E-state index contributed by atoms with van der Waals surface area (Å²) in [5, 5.41) is 0. The van der Waals surface area contributed by atoms with Gasteiger partial charge in [0, 0.05) is 24.3 Å². The highest BCUT2D eigenvalue weighted by Gasteiger charge is 2.36. The fourth-order valence-electron chi connectivity index (χ4n) is 3.26. The lowest BCUT2D eigenvalue weighted by Gasteiger charge is -2.38. The molecule has 8 heteroatoms. The standard InChI is InChI=1S/C16H24N2O4S.ClH/c1-16(2)9-14(13-8-11(17)5-6-15(13)22-16)18-23(19,20)10-12-4-3-7-21-12;/h5-6,8,12,14,18H,3-4,7,9-10,17H2,1-2H3;1H. The Bertz CT molecular complexity index is 687. The Morgan fingerprint density at radius 3 is 2.79 bits per heavy atom. The van der Waals surface area contributed by atoms with E-state index in [0.29, 0.717) is 24.5 Å². The molecule has 2 aliphatic heterocycles. The van der Waals surface area contributed by atoms with Crippen molar-refractivity contribution in [3.63, 3.8) is 0 Å². The third kappa shape index (κ3) is 4.53. The molecule has 3 rings (SSSR count). The van der Waals surface area contributed by atoms with Crippen LogP contribution in [0.3, 0.4) is 0 Å². The minimum Gasteiger partial charge on any atom is -0.487 e. The summed E-state index contributed by atoms with van der Waals surface area (Å²) in [6.07, 6.45) is 2.06. The number of fused-ring (bicyclic) bond motifs is 1. The predicted molar refractivity (Wildman–Crippen MR) is 96.1 cm³/mol. The first-order chi connectivity index (χ1) is 10.7. The lowest BCUT2D eigenvalue weighted by Crippen LogP contribution is -2.42. The van der Waals surface area contributed by atoms with Crippen LogP contribution >= 0.6 is 12.4 Å². The van der Waals surface area contributed by atoms with E-state index in [9.17, 15) is 8.42 Å². The molecule has 1 aromatic carbocycles. The van der Waals surface area contributed by atoms with E-state index in [2.05, 4.69) is 4.72 Å². The molecule has 0 aliphatic carbocycles. The van der Waals surface area contributed by atoms with Crippen LogP contribution in [0.2, 0.25) is 0 Å². The maximum Gasteiger partial charge on any atom is 0.214 e.